The quantitative estimate of drug-likeness (QED) is 0.420. The van der Waals surface area contributed by atoms with Gasteiger partial charge < -0.3 is 4.74 Å². The number of aromatic nitrogens is 2. The van der Waals surface area contributed by atoms with E-state index in [9.17, 15) is 5.26 Å². The molecular weight excluding hydrogens is 308 g/mol. The molecule has 0 N–H and O–H groups in total. The summed E-state index contributed by atoms with van der Waals surface area (Å²) in [6, 6.07) is 12.6. The predicted molar refractivity (Wildman–Crippen MR) is 93.3 cm³/mol. The number of nitriles is 1. The summed E-state index contributed by atoms with van der Waals surface area (Å²) in [4.78, 5) is 4.15. The van der Waals surface area contributed by atoms with Crippen molar-refractivity contribution in [2.45, 2.75) is 31.3 Å². The molecule has 0 unspecified atom stereocenters. The average Bonchev–Trinajstić information content (AvgIpc) is 2.92. The molecule has 2 rings (SSSR count). The minimum Gasteiger partial charge on any atom is -0.483 e. The van der Waals surface area contributed by atoms with E-state index < -0.39 is 0 Å². The van der Waals surface area contributed by atoms with Gasteiger partial charge in [0.05, 0.1) is 6.61 Å². The normalized spacial score (nSPS) is 10.8. The van der Waals surface area contributed by atoms with Crippen LogP contribution in [0.15, 0.2) is 40.4 Å². The van der Waals surface area contributed by atoms with Crippen molar-refractivity contribution < 1.29 is 4.74 Å². The summed E-state index contributed by atoms with van der Waals surface area (Å²) < 4.78 is 6.97. The van der Waals surface area contributed by atoms with Gasteiger partial charge in [0, 0.05) is 6.54 Å². The fraction of sp³-hybridized carbons (Fsp3) is 0.353. The molecular formula is C17H20N4OS. The van der Waals surface area contributed by atoms with Crippen LogP contribution in [0.1, 0.15) is 24.5 Å². The number of ether oxygens (including phenoxy) is 1. The Balaban J connectivity index is 2.10. The van der Waals surface area contributed by atoms with Crippen molar-refractivity contribution in [3.05, 3.63) is 41.5 Å². The number of benzene rings is 1. The van der Waals surface area contributed by atoms with Crippen LogP contribution in [0.25, 0.3) is 0 Å². The number of thioether (sulfide) groups is 1. The van der Waals surface area contributed by atoms with Crippen LogP contribution in [0, 0.1) is 11.3 Å². The Labute approximate surface area is 141 Å². The molecule has 5 nitrogen and oxygen atoms in total. The standard InChI is InChI=1S/C17H20N4OS/c1-3-22-13-19-16-15(12-18)17(23-2)21(20-16)11-7-10-14-8-5-4-6-9-14/h4-6,8-9,13H,3,7,10-11H2,1-2H3. The zero-order valence-electron chi connectivity index (χ0n) is 13.4. The molecule has 1 aromatic heterocycles. The van der Waals surface area contributed by atoms with Gasteiger partial charge in [-0.15, -0.1) is 11.8 Å². The lowest BCUT2D eigenvalue weighted by molar-refractivity contribution is 0.344. The molecule has 120 valence electrons. The fourth-order valence-corrected chi connectivity index (χ4v) is 2.90. The summed E-state index contributed by atoms with van der Waals surface area (Å²) in [6.45, 7) is 3.18. The van der Waals surface area contributed by atoms with Crippen molar-refractivity contribution in [2.75, 3.05) is 12.9 Å². The summed E-state index contributed by atoms with van der Waals surface area (Å²) in [7, 11) is 0. The number of hydrogen-bond acceptors (Lipinski definition) is 5. The first-order valence-electron chi connectivity index (χ1n) is 7.53. The van der Waals surface area contributed by atoms with Gasteiger partial charge in [-0.3, -0.25) is 4.68 Å². The molecule has 0 fully saturated rings. The summed E-state index contributed by atoms with van der Waals surface area (Å²) in [5.74, 6) is 0.421. The SMILES string of the molecule is CCOC=Nc1nn(CCCc2ccccc2)c(SC)c1C#N. The van der Waals surface area contributed by atoms with Crippen molar-refractivity contribution in [3.63, 3.8) is 0 Å². The van der Waals surface area contributed by atoms with Gasteiger partial charge in [0.25, 0.3) is 0 Å². The molecule has 0 aliphatic heterocycles. The van der Waals surface area contributed by atoms with Crippen LogP contribution in [0.4, 0.5) is 5.82 Å². The maximum absolute atomic E-state index is 9.37. The lowest BCUT2D eigenvalue weighted by atomic mass is 10.1. The van der Waals surface area contributed by atoms with Crippen molar-refractivity contribution >= 4 is 24.0 Å². The van der Waals surface area contributed by atoms with Gasteiger partial charge in [0.2, 0.25) is 0 Å². The molecule has 0 atom stereocenters. The van der Waals surface area contributed by atoms with Gasteiger partial charge in [-0.05, 0) is 31.6 Å². The van der Waals surface area contributed by atoms with Crippen molar-refractivity contribution in [3.8, 4) is 6.07 Å². The Bertz CT molecular complexity index is 689. The highest BCUT2D eigenvalue weighted by Gasteiger charge is 2.16. The third-order valence-electron chi connectivity index (χ3n) is 3.29. The molecule has 0 bridgehead atoms. The molecule has 0 amide bonds. The van der Waals surface area contributed by atoms with Crippen LogP contribution in [-0.4, -0.2) is 29.0 Å². The predicted octanol–water partition coefficient (Wildman–Crippen LogP) is 3.81. The highest BCUT2D eigenvalue weighted by atomic mass is 32.2. The molecule has 0 aliphatic rings. The van der Waals surface area contributed by atoms with Crippen LogP contribution in [0.5, 0.6) is 0 Å². The van der Waals surface area contributed by atoms with Crippen LogP contribution in [0.2, 0.25) is 0 Å². The fourth-order valence-electron chi connectivity index (χ4n) is 2.22. The van der Waals surface area contributed by atoms with Crippen molar-refractivity contribution in [1.82, 2.24) is 9.78 Å². The molecule has 1 aromatic carbocycles. The van der Waals surface area contributed by atoms with Crippen LogP contribution < -0.4 is 0 Å². The smallest absolute Gasteiger partial charge is 0.195 e. The highest BCUT2D eigenvalue weighted by molar-refractivity contribution is 7.98. The highest BCUT2D eigenvalue weighted by Crippen LogP contribution is 2.28. The Morgan fingerprint density at radius 1 is 1.39 bits per heavy atom. The topological polar surface area (TPSA) is 63.2 Å². The Morgan fingerprint density at radius 2 is 2.17 bits per heavy atom. The second-order valence-corrected chi connectivity index (χ2v) is 5.62. The molecule has 0 radical (unpaired) electrons. The van der Waals surface area contributed by atoms with E-state index in [1.807, 2.05) is 36.1 Å². The second kappa shape index (κ2) is 9.01. The van der Waals surface area contributed by atoms with E-state index in [1.165, 1.54) is 23.7 Å². The van der Waals surface area contributed by atoms with E-state index in [2.05, 4.69) is 28.3 Å². The first kappa shape index (κ1) is 17.1. The summed E-state index contributed by atoms with van der Waals surface area (Å²) in [5.41, 5.74) is 1.81. The van der Waals surface area contributed by atoms with E-state index in [0.717, 1.165) is 24.4 Å². The third kappa shape index (κ3) is 4.60. The lowest BCUT2D eigenvalue weighted by Gasteiger charge is -2.05. The lowest BCUT2D eigenvalue weighted by Crippen LogP contribution is -2.03. The molecule has 0 spiro atoms. The molecule has 6 heteroatoms. The minimum atomic E-state index is 0.421. The van der Waals surface area contributed by atoms with Crippen LogP contribution in [0.3, 0.4) is 0 Å². The number of aliphatic imine (C=N–C) groups is 1. The molecule has 1 heterocycles. The van der Waals surface area contributed by atoms with Crippen molar-refractivity contribution in [2.24, 2.45) is 4.99 Å². The van der Waals surface area contributed by atoms with Crippen molar-refractivity contribution in [1.29, 1.82) is 5.26 Å². The van der Waals surface area contributed by atoms with Gasteiger partial charge in [-0.2, -0.15) is 15.4 Å². The van der Waals surface area contributed by atoms with E-state index in [4.69, 9.17) is 4.74 Å². The molecule has 23 heavy (non-hydrogen) atoms. The van der Waals surface area contributed by atoms with E-state index in [1.54, 1.807) is 0 Å². The number of nitrogens with zero attached hydrogens (tertiary/aromatic N) is 4. The van der Waals surface area contributed by atoms with Gasteiger partial charge in [0.1, 0.15) is 16.7 Å². The van der Waals surface area contributed by atoms with E-state index in [0.29, 0.717) is 18.0 Å². The second-order valence-electron chi connectivity index (χ2n) is 4.82. The Morgan fingerprint density at radius 3 is 2.83 bits per heavy atom. The van der Waals surface area contributed by atoms with Crippen LogP contribution >= 0.6 is 11.8 Å². The average molecular weight is 328 g/mol. The maximum Gasteiger partial charge on any atom is 0.195 e. The molecule has 0 saturated carbocycles. The number of aryl methyl sites for hydroxylation is 2. The first-order valence-corrected chi connectivity index (χ1v) is 8.75. The minimum absolute atomic E-state index is 0.421. The molecule has 0 saturated heterocycles. The Hall–Kier alpha value is -2.26. The van der Waals surface area contributed by atoms with E-state index in [-0.39, 0.29) is 0 Å². The van der Waals surface area contributed by atoms with Crippen LogP contribution in [-0.2, 0) is 17.7 Å². The molecule has 2 aromatic rings. The van der Waals surface area contributed by atoms with Gasteiger partial charge in [0.15, 0.2) is 12.2 Å². The molecule has 0 aliphatic carbocycles. The van der Waals surface area contributed by atoms with Gasteiger partial charge >= 0.3 is 0 Å². The zero-order valence-corrected chi connectivity index (χ0v) is 14.2. The third-order valence-corrected chi connectivity index (χ3v) is 4.09. The Kier molecular flexibility index (Phi) is 6.70. The summed E-state index contributed by atoms with van der Waals surface area (Å²) in [6.07, 6.45) is 5.23. The van der Waals surface area contributed by atoms with Gasteiger partial charge in [-0.1, -0.05) is 30.3 Å². The summed E-state index contributed by atoms with van der Waals surface area (Å²) in [5, 5.41) is 14.7. The first-order chi connectivity index (χ1) is 11.3. The monoisotopic (exact) mass is 328 g/mol. The van der Waals surface area contributed by atoms with E-state index >= 15 is 0 Å². The summed E-state index contributed by atoms with van der Waals surface area (Å²) >= 11 is 1.52. The largest absolute Gasteiger partial charge is 0.483 e. The number of rotatable bonds is 8. The maximum atomic E-state index is 9.37. The van der Waals surface area contributed by atoms with Gasteiger partial charge in [-0.25, -0.2) is 0 Å². The zero-order chi connectivity index (χ0) is 16.5. The number of hydrogen-bond donors (Lipinski definition) is 0.